The third kappa shape index (κ3) is 1.79. The molecule has 1 N–H and O–H groups in total. The van der Waals surface area contributed by atoms with Crippen LogP contribution in [0.1, 0.15) is 27.8 Å². The first-order valence-corrected chi connectivity index (χ1v) is 5.29. The van der Waals surface area contributed by atoms with Crippen molar-refractivity contribution < 1.29 is 28.8 Å². The van der Waals surface area contributed by atoms with Gasteiger partial charge in [-0.15, -0.1) is 0 Å². The van der Waals surface area contributed by atoms with E-state index in [1.165, 1.54) is 27.4 Å². The fourth-order valence-electron chi connectivity index (χ4n) is 1.96. The highest BCUT2D eigenvalue weighted by atomic mass is 16.7. The maximum atomic E-state index is 11.6. The zero-order valence-corrected chi connectivity index (χ0v) is 10.4. The summed E-state index contributed by atoms with van der Waals surface area (Å²) >= 11 is 0. The summed E-state index contributed by atoms with van der Waals surface area (Å²) in [4.78, 5) is 11.6. The summed E-state index contributed by atoms with van der Waals surface area (Å²) < 4.78 is 20.1. The van der Waals surface area contributed by atoms with Gasteiger partial charge in [0.05, 0.1) is 30.4 Å². The molecule has 6 nitrogen and oxygen atoms in total. The molecule has 0 spiro atoms. The van der Waals surface area contributed by atoms with Gasteiger partial charge in [0.15, 0.2) is 0 Å². The standard InChI is InChI=1S/C12H14O6/c1-15-5-7-8(16-2)4-6-9(10(7)13)12(17-3)18-11(6)14/h4,12-13H,5H2,1-3H3. The van der Waals surface area contributed by atoms with E-state index < -0.39 is 12.3 Å². The minimum Gasteiger partial charge on any atom is -0.507 e. The van der Waals surface area contributed by atoms with E-state index in [1.54, 1.807) is 0 Å². The fraction of sp³-hybridized carbons (Fsp3) is 0.417. The second kappa shape index (κ2) is 4.83. The number of rotatable bonds is 4. The Balaban J connectivity index is 2.62. The SMILES string of the molecule is COCc1c(OC)cc2c(c1O)C(OC)OC2=O. The predicted molar refractivity (Wildman–Crippen MR) is 60.5 cm³/mol. The van der Waals surface area contributed by atoms with Crippen molar-refractivity contribution in [1.29, 1.82) is 0 Å². The van der Waals surface area contributed by atoms with E-state index in [1.807, 2.05) is 0 Å². The molecule has 0 aliphatic carbocycles. The summed E-state index contributed by atoms with van der Waals surface area (Å²) in [5.41, 5.74) is 1.02. The molecule has 0 fully saturated rings. The summed E-state index contributed by atoms with van der Waals surface area (Å²) in [5.74, 6) is -0.264. The van der Waals surface area contributed by atoms with Crippen LogP contribution in [-0.2, 0) is 20.8 Å². The van der Waals surface area contributed by atoms with Crippen LogP contribution in [0.2, 0.25) is 0 Å². The van der Waals surface area contributed by atoms with Gasteiger partial charge in [0.2, 0.25) is 6.29 Å². The fourth-order valence-corrected chi connectivity index (χ4v) is 1.96. The lowest BCUT2D eigenvalue weighted by Crippen LogP contribution is -2.02. The van der Waals surface area contributed by atoms with Crippen LogP contribution in [0.25, 0.3) is 0 Å². The highest BCUT2D eigenvalue weighted by molar-refractivity contribution is 5.95. The van der Waals surface area contributed by atoms with E-state index in [0.29, 0.717) is 16.9 Å². The average molecular weight is 254 g/mol. The molecule has 0 bridgehead atoms. The number of benzene rings is 1. The number of cyclic esters (lactones) is 1. The minimum absolute atomic E-state index is 0.0936. The Labute approximate surface area is 104 Å². The van der Waals surface area contributed by atoms with Crippen LogP contribution in [0.5, 0.6) is 11.5 Å². The maximum Gasteiger partial charge on any atom is 0.341 e. The van der Waals surface area contributed by atoms with Gasteiger partial charge in [-0.3, -0.25) is 0 Å². The highest BCUT2D eigenvalue weighted by Crippen LogP contribution is 2.43. The van der Waals surface area contributed by atoms with Crippen LogP contribution < -0.4 is 4.74 Å². The molecule has 1 unspecified atom stereocenters. The molecule has 0 radical (unpaired) electrons. The third-order valence-corrected chi connectivity index (χ3v) is 2.80. The van der Waals surface area contributed by atoms with Crippen LogP contribution in [0.15, 0.2) is 6.07 Å². The van der Waals surface area contributed by atoms with Gasteiger partial charge < -0.3 is 24.1 Å². The summed E-state index contributed by atoms with van der Waals surface area (Å²) in [6, 6.07) is 1.52. The predicted octanol–water partition coefficient (Wildman–Crippen LogP) is 1.36. The summed E-state index contributed by atoms with van der Waals surface area (Å²) in [6.45, 7) is 0.160. The number of esters is 1. The van der Waals surface area contributed by atoms with Crippen LogP contribution in [0.4, 0.5) is 0 Å². The number of phenols is 1. The molecular weight excluding hydrogens is 240 g/mol. The second-order valence-electron chi connectivity index (χ2n) is 3.77. The van der Waals surface area contributed by atoms with Crippen molar-refractivity contribution in [3.05, 3.63) is 22.8 Å². The van der Waals surface area contributed by atoms with Crippen molar-refractivity contribution in [3.8, 4) is 11.5 Å². The van der Waals surface area contributed by atoms with Crippen LogP contribution in [0, 0.1) is 0 Å². The van der Waals surface area contributed by atoms with Crippen molar-refractivity contribution in [2.24, 2.45) is 0 Å². The van der Waals surface area contributed by atoms with E-state index in [0.717, 1.165) is 0 Å². The van der Waals surface area contributed by atoms with Crippen LogP contribution in [-0.4, -0.2) is 32.4 Å². The quantitative estimate of drug-likeness (QED) is 0.818. The van der Waals surface area contributed by atoms with E-state index in [-0.39, 0.29) is 17.9 Å². The van der Waals surface area contributed by atoms with Gasteiger partial charge in [-0.2, -0.15) is 0 Å². The van der Waals surface area contributed by atoms with E-state index in [4.69, 9.17) is 18.9 Å². The summed E-state index contributed by atoms with van der Waals surface area (Å²) in [5, 5.41) is 10.2. The Morgan fingerprint density at radius 1 is 1.39 bits per heavy atom. The van der Waals surface area contributed by atoms with Gasteiger partial charge in [-0.25, -0.2) is 4.79 Å². The van der Waals surface area contributed by atoms with Gasteiger partial charge in [0, 0.05) is 14.2 Å². The highest BCUT2D eigenvalue weighted by Gasteiger charge is 2.36. The molecule has 18 heavy (non-hydrogen) atoms. The van der Waals surface area contributed by atoms with E-state index in [2.05, 4.69) is 0 Å². The molecule has 0 aromatic heterocycles. The third-order valence-electron chi connectivity index (χ3n) is 2.80. The largest absolute Gasteiger partial charge is 0.507 e. The van der Waals surface area contributed by atoms with Crippen molar-refractivity contribution >= 4 is 5.97 Å². The van der Waals surface area contributed by atoms with Crippen molar-refractivity contribution in [2.75, 3.05) is 21.3 Å². The Morgan fingerprint density at radius 3 is 2.67 bits per heavy atom. The number of carbonyl (C=O) groups excluding carboxylic acids is 1. The molecule has 1 aromatic rings. The molecule has 1 aliphatic rings. The number of carbonyl (C=O) groups is 1. The first-order chi connectivity index (χ1) is 8.63. The van der Waals surface area contributed by atoms with Gasteiger partial charge in [0.1, 0.15) is 11.5 Å². The average Bonchev–Trinajstić information content (AvgIpc) is 2.69. The minimum atomic E-state index is -0.894. The molecule has 2 rings (SSSR count). The molecular formula is C12H14O6. The number of hydrogen-bond donors (Lipinski definition) is 1. The van der Waals surface area contributed by atoms with Crippen molar-refractivity contribution in [3.63, 3.8) is 0 Å². The molecule has 98 valence electrons. The van der Waals surface area contributed by atoms with E-state index in [9.17, 15) is 9.90 Å². The first kappa shape index (κ1) is 12.7. The number of ether oxygens (including phenoxy) is 4. The molecule has 6 heteroatoms. The van der Waals surface area contributed by atoms with Gasteiger partial charge in [-0.05, 0) is 6.07 Å². The lowest BCUT2D eigenvalue weighted by molar-refractivity contribution is -0.0824. The number of phenolic OH excluding ortho intramolecular Hbond substituents is 1. The monoisotopic (exact) mass is 254 g/mol. The Kier molecular flexibility index (Phi) is 3.40. The Hall–Kier alpha value is -1.79. The van der Waals surface area contributed by atoms with Crippen LogP contribution >= 0.6 is 0 Å². The zero-order valence-electron chi connectivity index (χ0n) is 10.4. The van der Waals surface area contributed by atoms with Gasteiger partial charge in [0.25, 0.3) is 0 Å². The summed E-state index contributed by atoms with van der Waals surface area (Å²) in [6.07, 6.45) is -0.894. The number of aromatic hydroxyl groups is 1. The zero-order chi connectivity index (χ0) is 13.3. The molecule has 0 amide bonds. The van der Waals surface area contributed by atoms with Gasteiger partial charge >= 0.3 is 5.97 Å². The molecule has 0 saturated carbocycles. The Morgan fingerprint density at radius 2 is 2.11 bits per heavy atom. The topological polar surface area (TPSA) is 74.2 Å². The van der Waals surface area contributed by atoms with Crippen molar-refractivity contribution in [1.82, 2.24) is 0 Å². The number of fused-ring (bicyclic) bond motifs is 1. The number of methoxy groups -OCH3 is 3. The lowest BCUT2D eigenvalue weighted by Gasteiger charge is -2.14. The second-order valence-corrected chi connectivity index (χ2v) is 3.77. The summed E-state index contributed by atoms with van der Waals surface area (Å²) in [7, 11) is 4.35. The molecule has 1 aliphatic heterocycles. The first-order valence-electron chi connectivity index (χ1n) is 5.29. The molecule has 1 heterocycles. The molecule has 0 saturated heterocycles. The normalized spacial score (nSPS) is 17.5. The van der Waals surface area contributed by atoms with Gasteiger partial charge in [-0.1, -0.05) is 0 Å². The Bertz CT molecular complexity index is 482. The molecule has 1 atom stereocenters. The smallest absolute Gasteiger partial charge is 0.341 e. The lowest BCUT2D eigenvalue weighted by atomic mass is 10.0. The van der Waals surface area contributed by atoms with Crippen LogP contribution in [0.3, 0.4) is 0 Å². The number of hydrogen-bond acceptors (Lipinski definition) is 6. The van der Waals surface area contributed by atoms with E-state index >= 15 is 0 Å². The molecule has 1 aromatic carbocycles. The van der Waals surface area contributed by atoms with Crippen molar-refractivity contribution in [2.45, 2.75) is 12.9 Å². The maximum absolute atomic E-state index is 11.6.